The molecule has 0 unspecified atom stereocenters. The molecule has 0 spiro atoms. The van der Waals surface area contributed by atoms with E-state index in [0.29, 0.717) is 22.0 Å². The van der Waals surface area contributed by atoms with Crippen LogP contribution in [-0.4, -0.2) is 23.4 Å². The van der Waals surface area contributed by atoms with E-state index < -0.39 is 17.0 Å². The standard InChI is InChI=1S/C25H18ClFN2O4/c1-33-19-9-7-18(8-10-19)28-23(30)14-29-13-21(24(31)15-2-5-17(27)6-3-15)25(32)20-12-16(26)4-11-22(20)29/h2-13H,14H2,1H3,(H,28,30). The van der Waals surface area contributed by atoms with Crippen LogP contribution >= 0.6 is 11.6 Å². The molecule has 1 aromatic heterocycles. The summed E-state index contributed by atoms with van der Waals surface area (Å²) >= 11 is 6.08. The van der Waals surface area contributed by atoms with Crippen molar-refractivity contribution in [2.75, 3.05) is 12.4 Å². The van der Waals surface area contributed by atoms with E-state index in [-0.39, 0.29) is 29.0 Å². The first-order valence-corrected chi connectivity index (χ1v) is 10.3. The van der Waals surface area contributed by atoms with E-state index in [1.54, 1.807) is 43.5 Å². The number of halogens is 2. The lowest BCUT2D eigenvalue weighted by atomic mass is 10.0. The van der Waals surface area contributed by atoms with Crippen molar-refractivity contribution in [3.8, 4) is 5.75 Å². The number of ketones is 1. The number of rotatable bonds is 6. The van der Waals surface area contributed by atoms with Gasteiger partial charge in [-0.05, 0) is 66.7 Å². The number of pyridine rings is 1. The van der Waals surface area contributed by atoms with Crippen molar-refractivity contribution in [3.05, 3.63) is 105 Å². The minimum absolute atomic E-state index is 0.145. The Hall–Kier alpha value is -3.97. The molecule has 1 amide bonds. The van der Waals surface area contributed by atoms with Gasteiger partial charge in [0.2, 0.25) is 11.3 Å². The minimum Gasteiger partial charge on any atom is -0.497 e. The van der Waals surface area contributed by atoms with Crippen LogP contribution in [0.2, 0.25) is 5.02 Å². The molecule has 4 rings (SSSR count). The number of carbonyl (C=O) groups excluding carboxylic acids is 2. The van der Waals surface area contributed by atoms with Gasteiger partial charge >= 0.3 is 0 Å². The zero-order valence-electron chi connectivity index (χ0n) is 17.5. The summed E-state index contributed by atoms with van der Waals surface area (Å²) in [7, 11) is 1.55. The van der Waals surface area contributed by atoms with Crippen LogP contribution in [0.25, 0.3) is 10.9 Å². The van der Waals surface area contributed by atoms with Crippen LogP contribution < -0.4 is 15.5 Å². The average Bonchev–Trinajstić information content (AvgIpc) is 2.81. The number of ether oxygens (including phenoxy) is 1. The van der Waals surface area contributed by atoms with Crippen molar-refractivity contribution >= 4 is 39.9 Å². The third-order valence-electron chi connectivity index (χ3n) is 5.08. The maximum atomic E-state index is 13.3. The molecule has 0 aliphatic rings. The van der Waals surface area contributed by atoms with Crippen LogP contribution in [0.5, 0.6) is 5.75 Å². The third-order valence-corrected chi connectivity index (χ3v) is 5.32. The number of hydrogen-bond acceptors (Lipinski definition) is 4. The second kappa shape index (κ2) is 9.26. The first-order valence-electron chi connectivity index (χ1n) is 9.92. The molecular weight excluding hydrogens is 447 g/mol. The van der Waals surface area contributed by atoms with Gasteiger partial charge in [-0.15, -0.1) is 0 Å². The van der Waals surface area contributed by atoms with E-state index >= 15 is 0 Å². The van der Waals surface area contributed by atoms with E-state index in [9.17, 15) is 18.8 Å². The quantitative estimate of drug-likeness (QED) is 0.420. The second-order valence-electron chi connectivity index (χ2n) is 7.27. The molecule has 0 bridgehead atoms. The molecule has 0 atom stereocenters. The highest BCUT2D eigenvalue weighted by Crippen LogP contribution is 2.20. The van der Waals surface area contributed by atoms with Gasteiger partial charge in [0.05, 0.1) is 18.2 Å². The summed E-state index contributed by atoms with van der Waals surface area (Å²) in [6.07, 6.45) is 1.35. The van der Waals surface area contributed by atoms with Crippen LogP contribution in [-0.2, 0) is 11.3 Å². The zero-order valence-corrected chi connectivity index (χ0v) is 18.2. The van der Waals surface area contributed by atoms with Gasteiger partial charge in [-0.3, -0.25) is 14.4 Å². The SMILES string of the molecule is COc1ccc(NC(=O)Cn2cc(C(=O)c3ccc(F)cc3)c(=O)c3cc(Cl)ccc32)cc1. The Morgan fingerprint density at radius 3 is 2.39 bits per heavy atom. The van der Waals surface area contributed by atoms with Gasteiger partial charge < -0.3 is 14.6 Å². The normalized spacial score (nSPS) is 10.8. The molecule has 0 fully saturated rings. The number of amides is 1. The van der Waals surface area contributed by atoms with Crippen LogP contribution in [0, 0.1) is 5.82 Å². The van der Waals surface area contributed by atoms with E-state index in [1.165, 1.54) is 29.0 Å². The molecule has 0 aliphatic carbocycles. The number of nitrogens with zero attached hydrogens (tertiary/aromatic N) is 1. The summed E-state index contributed by atoms with van der Waals surface area (Å²) in [5, 5.41) is 3.29. The topological polar surface area (TPSA) is 77.4 Å². The van der Waals surface area contributed by atoms with E-state index in [4.69, 9.17) is 16.3 Å². The highest BCUT2D eigenvalue weighted by atomic mass is 35.5. The molecule has 166 valence electrons. The number of carbonyl (C=O) groups is 2. The Morgan fingerprint density at radius 2 is 1.73 bits per heavy atom. The first kappa shape index (κ1) is 22.2. The lowest BCUT2D eigenvalue weighted by molar-refractivity contribution is -0.116. The van der Waals surface area contributed by atoms with Crippen molar-refractivity contribution < 1.29 is 18.7 Å². The number of methoxy groups -OCH3 is 1. The molecule has 0 radical (unpaired) electrons. The van der Waals surface area contributed by atoms with E-state index in [0.717, 1.165) is 12.1 Å². The number of benzene rings is 3. The summed E-state index contributed by atoms with van der Waals surface area (Å²) in [5.74, 6) is -0.781. The summed E-state index contributed by atoms with van der Waals surface area (Å²) in [6.45, 7) is -0.159. The molecule has 1 heterocycles. The maximum absolute atomic E-state index is 13.3. The van der Waals surface area contributed by atoms with E-state index in [1.807, 2.05) is 0 Å². The van der Waals surface area contributed by atoms with Gasteiger partial charge in [-0.25, -0.2) is 4.39 Å². The van der Waals surface area contributed by atoms with Crippen molar-refractivity contribution in [2.24, 2.45) is 0 Å². The fourth-order valence-electron chi connectivity index (χ4n) is 3.45. The van der Waals surface area contributed by atoms with Crippen molar-refractivity contribution in [3.63, 3.8) is 0 Å². The zero-order chi connectivity index (χ0) is 23.5. The van der Waals surface area contributed by atoms with Crippen LogP contribution in [0.1, 0.15) is 15.9 Å². The van der Waals surface area contributed by atoms with Crippen LogP contribution in [0.4, 0.5) is 10.1 Å². The number of nitrogens with one attached hydrogen (secondary N) is 1. The second-order valence-corrected chi connectivity index (χ2v) is 7.71. The minimum atomic E-state index is -0.578. The Labute approximate surface area is 193 Å². The fourth-order valence-corrected chi connectivity index (χ4v) is 3.62. The highest BCUT2D eigenvalue weighted by Gasteiger charge is 2.18. The number of aromatic nitrogens is 1. The van der Waals surface area contributed by atoms with E-state index in [2.05, 4.69) is 5.32 Å². The Kier molecular flexibility index (Phi) is 6.24. The Balaban J connectivity index is 1.72. The fraction of sp³-hybridized carbons (Fsp3) is 0.0800. The highest BCUT2D eigenvalue weighted by molar-refractivity contribution is 6.31. The largest absolute Gasteiger partial charge is 0.497 e. The smallest absolute Gasteiger partial charge is 0.244 e. The molecule has 8 heteroatoms. The monoisotopic (exact) mass is 464 g/mol. The van der Waals surface area contributed by atoms with Crippen molar-refractivity contribution in [2.45, 2.75) is 6.54 Å². The maximum Gasteiger partial charge on any atom is 0.244 e. The molecule has 1 N–H and O–H groups in total. The van der Waals surface area contributed by atoms with Crippen LogP contribution in [0.3, 0.4) is 0 Å². The van der Waals surface area contributed by atoms with Gasteiger partial charge in [-0.1, -0.05) is 11.6 Å². The number of hydrogen-bond donors (Lipinski definition) is 1. The molecule has 4 aromatic rings. The summed E-state index contributed by atoms with van der Waals surface area (Å²) in [5.41, 5.74) is 0.508. The van der Waals surface area contributed by atoms with Gasteiger partial charge in [-0.2, -0.15) is 0 Å². The molecule has 0 saturated heterocycles. The summed E-state index contributed by atoms with van der Waals surface area (Å²) in [4.78, 5) is 38.8. The molecule has 3 aromatic carbocycles. The molecule has 0 aliphatic heterocycles. The summed E-state index contributed by atoms with van der Waals surface area (Å²) in [6, 6.07) is 16.4. The average molecular weight is 465 g/mol. The lowest BCUT2D eigenvalue weighted by Crippen LogP contribution is -2.24. The third kappa shape index (κ3) is 4.78. The Morgan fingerprint density at radius 1 is 1.03 bits per heavy atom. The predicted octanol–water partition coefficient (Wildman–Crippen LogP) is 4.67. The van der Waals surface area contributed by atoms with Crippen LogP contribution in [0.15, 0.2) is 77.7 Å². The number of fused-ring (bicyclic) bond motifs is 1. The van der Waals surface area contributed by atoms with Gasteiger partial charge in [0.1, 0.15) is 18.1 Å². The molecule has 6 nitrogen and oxygen atoms in total. The van der Waals surface area contributed by atoms with Gasteiger partial charge in [0.25, 0.3) is 0 Å². The number of anilines is 1. The lowest BCUT2D eigenvalue weighted by Gasteiger charge is -2.14. The molecule has 33 heavy (non-hydrogen) atoms. The molecular formula is C25H18ClFN2O4. The Bertz CT molecular complexity index is 1410. The van der Waals surface area contributed by atoms with Crippen molar-refractivity contribution in [1.29, 1.82) is 0 Å². The predicted molar refractivity (Wildman–Crippen MR) is 125 cm³/mol. The first-order chi connectivity index (χ1) is 15.9. The molecule has 0 saturated carbocycles. The van der Waals surface area contributed by atoms with Gasteiger partial charge in [0.15, 0.2) is 5.78 Å². The van der Waals surface area contributed by atoms with Gasteiger partial charge in [0, 0.05) is 27.9 Å². The van der Waals surface area contributed by atoms with Crippen molar-refractivity contribution in [1.82, 2.24) is 4.57 Å². The summed E-state index contributed by atoms with van der Waals surface area (Å²) < 4.78 is 19.9.